The zero-order chi connectivity index (χ0) is 28.3. The number of hydrogen-bond acceptors (Lipinski definition) is 3. The van der Waals surface area contributed by atoms with Gasteiger partial charge in [-0.25, -0.2) is 0 Å². The van der Waals surface area contributed by atoms with Crippen molar-refractivity contribution >= 4 is 17.7 Å². The highest BCUT2D eigenvalue weighted by Crippen LogP contribution is 2.38. The van der Waals surface area contributed by atoms with Crippen LogP contribution in [0.4, 0.5) is 0 Å². The fourth-order valence-corrected chi connectivity index (χ4v) is 6.45. The van der Waals surface area contributed by atoms with E-state index in [1.54, 1.807) is 4.90 Å². The van der Waals surface area contributed by atoms with Crippen LogP contribution in [0.3, 0.4) is 0 Å². The molecule has 0 spiro atoms. The Labute approximate surface area is 243 Å². The van der Waals surface area contributed by atoms with Gasteiger partial charge in [0.25, 0.3) is 0 Å². The Morgan fingerprint density at radius 1 is 0.821 bits per heavy atom. The van der Waals surface area contributed by atoms with Crippen molar-refractivity contribution in [2.45, 2.75) is 103 Å². The van der Waals surface area contributed by atoms with E-state index in [4.69, 9.17) is 0 Å². The highest BCUT2D eigenvalue weighted by Gasteiger charge is 2.45. The van der Waals surface area contributed by atoms with E-state index in [1.165, 1.54) is 69.3 Å². The Hall–Kier alpha value is -2.04. The van der Waals surface area contributed by atoms with Crippen LogP contribution in [-0.4, -0.2) is 40.5 Å². The van der Waals surface area contributed by atoms with Gasteiger partial charge in [-0.15, -0.1) is 0 Å². The van der Waals surface area contributed by atoms with Gasteiger partial charge in [0.1, 0.15) is 5.60 Å². The summed E-state index contributed by atoms with van der Waals surface area (Å²) in [5.41, 5.74) is 0.295. The van der Waals surface area contributed by atoms with Gasteiger partial charge < -0.3 is 10.0 Å². The lowest BCUT2D eigenvalue weighted by Crippen LogP contribution is -2.54. The van der Waals surface area contributed by atoms with Crippen molar-refractivity contribution in [1.82, 2.24) is 4.90 Å². The van der Waals surface area contributed by atoms with Gasteiger partial charge in [-0.05, 0) is 54.2 Å². The van der Waals surface area contributed by atoms with Crippen LogP contribution >= 0.6 is 11.8 Å². The maximum Gasteiger partial charge on any atom is 0.226 e. The van der Waals surface area contributed by atoms with Crippen molar-refractivity contribution in [3.05, 3.63) is 83.9 Å². The van der Waals surface area contributed by atoms with E-state index in [-0.39, 0.29) is 11.8 Å². The number of benzene rings is 2. The number of carbonyl (C=O) groups excluding carboxylic acids is 1. The van der Waals surface area contributed by atoms with Crippen LogP contribution in [0, 0.1) is 5.92 Å². The van der Waals surface area contributed by atoms with E-state index >= 15 is 0 Å². The highest BCUT2D eigenvalue weighted by molar-refractivity contribution is 7.99. The van der Waals surface area contributed by atoms with E-state index in [2.05, 4.69) is 38.6 Å². The number of carbonyl (C=O) groups is 1. The van der Waals surface area contributed by atoms with Crippen LogP contribution < -0.4 is 0 Å². The summed E-state index contributed by atoms with van der Waals surface area (Å²) in [5.74, 6) is 2.69. The summed E-state index contributed by atoms with van der Waals surface area (Å²) in [7, 11) is 1.83. The first-order chi connectivity index (χ1) is 18.9. The molecule has 0 saturated carbocycles. The molecular formula is C35H53NO2S. The predicted octanol–water partition coefficient (Wildman–Crippen LogP) is 9.01. The van der Waals surface area contributed by atoms with Crippen LogP contribution in [0.1, 0.15) is 103 Å². The Morgan fingerprint density at radius 3 is 1.85 bits per heavy atom. The van der Waals surface area contributed by atoms with E-state index in [0.29, 0.717) is 6.42 Å². The summed E-state index contributed by atoms with van der Waals surface area (Å²) >= 11 is 2.12. The molecule has 39 heavy (non-hydrogen) atoms. The Balaban J connectivity index is 1.81. The molecule has 1 atom stereocenters. The minimum absolute atomic E-state index is 0.0296. The van der Waals surface area contributed by atoms with Crippen molar-refractivity contribution in [3.8, 4) is 0 Å². The molecule has 0 unspecified atom stereocenters. The average molecular weight is 552 g/mol. The second kappa shape index (κ2) is 19.1. The van der Waals surface area contributed by atoms with E-state index in [0.717, 1.165) is 17.5 Å². The fourth-order valence-electron chi connectivity index (χ4n) is 5.43. The van der Waals surface area contributed by atoms with Crippen molar-refractivity contribution in [1.29, 1.82) is 0 Å². The summed E-state index contributed by atoms with van der Waals surface area (Å²) in [6.07, 6.45) is 17.5. The molecule has 0 aliphatic heterocycles. The standard InChI is InChI=1S/C35H53NO2S/c1-5-6-7-12-21-28-39-29-22-13-10-8-9-11-20-27-33(37)36(4)34(30(2)3)35(38,31-23-16-14-17-24-31)32-25-18-15-19-26-32/h11,14-20,23-26,30,34,38H,5-10,12-13,21-22,27-29H2,1-4H3/b20-11+/t34-/m0/s1. The SMILES string of the molecule is CCCCCCCSCCCCCC/C=C/CC(=O)N(C)[C@@H](C(C)C)C(O)(c1ccccc1)c1ccccc1. The molecule has 3 nitrogen and oxygen atoms in total. The van der Waals surface area contributed by atoms with Crippen LogP contribution in [0.15, 0.2) is 72.8 Å². The van der Waals surface area contributed by atoms with E-state index < -0.39 is 11.6 Å². The molecule has 2 aromatic carbocycles. The number of unbranched alkanes of at least 4 members (excludes halogenated alkanes) is 8. The van der Waals surface area contributed by atoms with Gasteiger partial charge in [-0.2, -0.15) is 11.8 Å². The average Bonchev–Trinajstić information content (AvgIpc) is 2.95. The maximum atomic E-state index is 13.3. The van der Waals surface area contributed by atoms with Crippen molar-refractivity contribution < 1.29 is 9.90 Å². The monoisotopic (exact) mass is 551 g/mol. The molecule has 2 aromatic rings. The molecule has 0 aliphatic rings. The predicted molar refractivity (Wildman–Crippen MR) is 170 cm³/mol. The van der Waals surface area contributed by atoms with Gasteiger partial charge in [0.2, 0.25) is 5.91 Å². The first kappa shape index (κ1) is 33.2. The zero-order valence-corrected chi connectivity index (χ0v) is 25.8. The molecule has 216 valence electrons. The molecule has 2 rings (SSSR count). The topological polar surface area (TPSA) is 40.5 Å². The fraction of sp³-hybridized carbons (Fsp3) is 0.571. The molecule has 0 radical (unpaired) electrons. The van der Waals surface area contributed by atoms with Gasteiger partial charge in [-0.3, -0.25) is 4.79 Å². The quantitative estimate of drug-likeness (QED) is 0.132. The number of allylic oxidation sites excluding steroid dienone is 1. The molecule has 1 N–H and O–H groups in total. The minimum atomic E-state index is -1.31. The highest BCUT2D eigenvalue weighted by atomic mass is 32.2. The molecule has 0 saturated heterocycles. The molecule has 0 aromatic heterocycles. The summed E-state index contributed by atoms with van der Waals surface area (Å²) in [4.78, 5) is 15.1. The number of rotatable bonds is 20. The van der Waals surface area contributed by atoms with Gasteiger partial charge in [0.05, 0.1) is 6.04 Å². The molecule has 0 aliphatic carbocycles. The second-order valence-corrected chi connectivity index (χ2v) is 12.3. The lowest BCUT2D eigenvalue weighted by Gasteiger charge is -2.44. The number of amides is 1. The lowest BCUT2D eigenvalue weighted by molar-refractivity contribution is -0.138. The number of thioether (sulfide) groups is 1. The van der Waals surface area contributed by atoms with Crippen LogP contribution in [0.5, 0.6) is 0 Å². The molecule has 0 heterocycles. The Kier molecular flexibility index (Phi) is 16.3. The van der Waals surface area contributed by atoms with Crippen molar-refractivity contribution in [2.24, 2.45) is 5.92 Å². The molecule has 4 heteroatoms. The first-order valence-electron chi connectivity index (χ1n) is 15.2. The second-order valence-electron chi connectivity index (χ2n) is 11.1. The third-order valence-corrected chi connectivity index (χ3v) is 8.71. The van der Waals surface area contributed by atoms with Crippen LogP contribution in [-0.2, 0) is 10.4 Å². The van der Waals surface area contributed by atoms with Gasteiger partial charge >= 0.3 is 0 Å². The maximum absolute atomic E-state index is 13.3. The van der Waals surface area contributed by atoms with Crippen molar-refractivity contribution in [3.63, 3.8) is 0 Å². The largest absolute Gasteiger partial charge is 0.378 e. The third-order valence-electron chi connectivity index (χ3n) is 7.56. The molecule has 1 amide bonds. The van der Waals surface area contributed by atoms with E-state index in [1.807, 2.05) is 73.8 Å². The summed E-state index contributed by atoms with van der Waals surface area (Å²) in [6.45, 7) is 6.42. The molecule has 0 fully saturated rings. The number of hydrogen-bond donors (Lipinski definition) is 1. The Bertz CT molecular complexity index is 889. The smallest absolute Gasteiger partial charge is 0.226 e. The normalized spacial score (nSPS) is 12.8. The number of nitrogens with zero attached hydrogens (tertiary/aromatic N) is 1. The number of likely N-dealkylation sites (N-methyl/N-ethyl adjacent to an activating group) is 1. The van der Waals surface area contributed by atoms with Crippen LogP contribution in [0.2, 0.25) is 0 Å². The summed E-state index contributed by atoms with van der Waals surface area (Å²) in [6, 6.07) is 19.1. The van der Waals surface area contributed by atoms with Gasteiger partial charge in [0, 0.05) is 13.5 Å². The minimum Gasteiger partial charge on any atom is -0.378 e. The van der Waals surface area contributed by atoms with Crippen molar-refractivity contribution in [2.75, 3.05) is 18.6 Å². The molecule has 0 bridgehead atoms. The van der Waals surface area contributed by atoms with E-state index in [9.17, 15) is 9.90 Å². The van der Waals surface area contributed by atoms with Crippen LogP contribution in [0.25, 0.3) is 0 Å². The Morgan fingerprint density at radius 2 is 1.33 bits per heavy atom. The number of aliphatic hydroxyl groups is 1. The van der Waals surface area contributed by atoms with Gasteiger partial charge in [0.15, 0.2) is 0 Å². The lowest BCUT2D eigenvalue weighted by atomic mass is 9.75. The summed E-state index contributed by atoms with van der Waals surface area (Å²) in [5, 5.41) is 12.3. The first-order valence-corrected chi connectivity index (χ1v) is 16.4. The van der Waals surface area contributed by atoms with Gasteiger partial charge in [-0.1, -0.05) is 132 Å². The summed E-state index contributed by atoms with van der Waals surface area (Å²) < 4.78 is 0. The third kappa shape index (κ3) is 11.2. The zero-order valence-electron chi connectivity index (χ0n) is 25.0. The molecular weight excluding hydrogens is 498 g/mol.